The van der Waals surface area contributed by atoms with Gasteiger partial charge in [0.05, 0.1) is 6.10 Å². The summed E-state index contributed by atoms with van der Waals surface area (Å²) in [6.07, 6.45) is 3.90. The van der Waals surface area contributed by atoms with E-state index >= 15 is 0 Å². The fourth-order valence-electron chi connectivity index (χ4n) is 4.52. The van der Waals surface area contributed by atoms with Crippen molar-refractivity contribution in [2.24, 2.45) is 16.7 Å². The summed E-state index contributed by atoms with van der Waals surface area (Å²) >= 11 is 0. The number of aryl methyl sites for hydroxylation is 1. The maximum atomic E-state index is 12.4. The third-order valence-corrected chi connectivity index (χ3v) is 6.58. The summed E-state index contributed by atoms with van der Waals surface area (Å²) in [7, 11) is 0. The van der Waals surface area contributed by atoms with Crippen molar-refractivity contribution >= 4 is 5.78 Å². The Morgan fingerprint density at radius 2 is 2.00 bits per heavy atom. The minimum atomic E-state index is 0.109. The second kappa shape index (κ2) is 4.95. The molecule has 1 aromatic rings. The van der Waals surface area contributed by atoms with Crippen LogP contribution in [0.15, 0.2) is 24.3 Å². The lowest BCUT2D eigenvalue weighted by Gasteiger charge is -2.38. The number of hydrogen-bond acceptors (Lipinski definition) is 2. The van der Waals surface area contributed by atoms with Gasteiger partial charge in [-0.15, -0.1) is 0 Å². The van der Waals surface area contributed by atoms with Crippen molar-refractivity contribution in [3.8, 4) is 0 Å². The lowest BCUT2D eigenvalue weighted by atomic mass is 9.70. The second-order valence-electron chi connectivity index (χ2n) is 7.65. The van der Waals surface area contributed by atoms with Crippen LogP contribution in [0.2, 0.25) is 0 Å². The van der Waals surface area contributed by atoms with E-state index in [1.807, 2.05) is 31.2 Å². The molecular weight excluding hydrogens is 260 g/mol. The summed E-state index contributed by atoms with van der Waals surface area (Å²) in [5.41, 5.74) is 2.39. The molecule has 2 fully saturated rings. The Labute approximate surface area is 127 Å². The van der Waals surface area contributed by atoms with Crippen LogP contribution >= 0.6 is 0 Å². The van der Waals surface area contributed by atoms with Crippen LogP contribution in [0.5, 0.6) is 0 Å². The molecule has 0 saturated heterocycles. The molecule has 3 atom stereocenters. The van der Waals surface area contributed by atoms with Crippen LogP contribution in [0.25, 0.3) is 0 Å². The lowest BCUT2D eigenvalue weighted by Crippen LogP contribution is -2.38. The molecule has 0 aliphatic heterocycles. The molecule has 2 nitrogen and oxygen atoms in total. The van der Waals surface area contributed by atoms with Crippen molar-refractivity contribution in [1.29, 1.82) is 0 Å². The molecule has 2 aliphatic carbocycles. The number of ether oxygens (including phenoxy) is 1. The lowest BCUT2D eigenvalue weighted by molar-refractivity contribution is -0.0390. The fourth-order valence-corrected chi connectivity index (χ4v) is 4.52. The normalized spacial score (nSPS) is 33.3. The molecule has 3 unspecified atom stereocenters. The Morgan fingerprint density at radius 1 is 1.29 bits per heavy atom. The molecule has 0 heterocycles. The summed E-state index contributed by atoms with van der Waals surface area (Å²) in [5, 5.41) is 0. The number of Topliss-reactive ketones (excluding diaryl/α,β-unsaturated/α-hetero) is 1. The Morgan fingerprint density at radius 3 is 2.57 bits per heavy atom. The number of carbonyl (C=O) groups excluding carboxylic acids is 1. The molecule has 1 aromatic carbocycles. The predicted octanol–water partition coefficient (Wildman–Crippen LogP) is 4.41. The zero-order valence-electron chi connectivity index (χ0n) is 13.6. The summed E-state index contributed by atoms with van der Waals surface area (Å²) in [5.74, 6) is 0.860. The van der Waals surface area contributed by atoms with Crippen LogP contribution in [0, 0.1) is 23.7 Å². The molecule has 114 valence electrons. The van der Waals surface area contributed by atoms with Gasteiger partial charge >= 0.3 is 0 Å². The van der Waals surface area contributed by atoms with Crippen LogP contribution in [0.1, 0.15) is 56.0 Å². The van der Waals surface area contributed by atoms with E-state index in [2.05, 4.69) is 20.8 Å². The van der Waals surface area contributed by atoms with Crippen molar-refractivity contribution in [3.05, 3.63) is 35.4 Å². The van der Waals surface area contributed by atoms with Crippen molar-refractivity contribution in [1.82, 2.24) is 0 Å². The van der Waals surface area contributed by atoms with E-state index in [-0.39, 0.29) is 23.9 Å². The minimum Gasteiger partial charge on any atom is -0.369 e. The van der Waals surface area contributed by atoms with Crippen molar-refractivity contribution in [2.75, 3.05) is 6.61 Å². The van der Waals surface area contributed by atoms with Crippen LogP contribution in [-0.2, 0) is 4.74 Å². The van der Waals surface area contributed by atoms with E-state index in [9.17, 15) is 4.79 Å². The topological polar surface area (TPSA) is 26.3 Å². The van der Waals surface area contributed by atoms with E-state index in [4.69, 9.17) is 4.74 Å². The predicted molar refractivity (Wildman–Crippen MR) is 84.5 cm³/mol. The Kier molecular flexibility index (Phi) is 3.48. The summed E-state index contributed by atoms with van der Waals surface area (Å²) in [6.45, 7) is 9.29. The highest BCUT2D eigenvalue weighted by Crippen LogP contribution is 2.66. The van der Waals surface area contributed by atoms with Gasteiger partial charge in [0.1, 0.15) is 6.61 Å². The first kappa shape index (κ1) is 14.8. The fraction of sp³-hybridized carbons (Fsp3) is 0.632. The summed E-state index contributed by atoms with van der Waals surface area (Å²) in [4.78, 5) is 12.4. The maximum Gasteiger partial charge on any atom is 0.188 e. The van der Waals surface area contributed by atoms with Gasteiger partial charge in [-0.3, -0.25) is 4.79 Å². The molecule has 0 radical (unpaired) electrons. The van der Waals surface area contributed by atoms with E-state index < -0.39 is 0 Å². The number of fused-ring (bicyclic) bond motifs is 2. The SMILES string of the molecule is Cc1ccccc1C(=O)COC1CC2CCC1(C)C2(C)C. The highest BCUT2D eigenvalue weighted by atomic mass is 16.5. The quantitative estimate of drug-likeness (QED) is 0.766. The molecule has 0 amide bonds. The Hall–Kier alpha value is -1.15. The van der Waals surface area contributed by atoms with Gasteiger partial charge in [-0.05, 0) is 48.5 Å². The number of carbonyl (C=O) groups is 1. The molecule has 2 saturated carbocycles. The Bertz CT molecular complexity index is 560. The zero-order valence-corrected chi connectivity index (χ0v) is 13.6. The molecule has 2 aliphatic rings. The van der Waals surface area contributed by atoms with Gasteiger partial charge in [0, 0.05) is 5.56 Å². The molecule has 0 spiro atoms. The van der Waals surface area contributed by atoms with Gasteiger partial charge in [-0.1, -0.05) is 45.0 Å². The van der Waals surface area contributed by atoms with Gasteiger partial charge in [-0.25, -0.2) is 0 Å². The van der Waals surface area contributed by atoms with E-state index in [1.165, 1.54) is 12.8 Å². The highest BCUT2D eigenvalue weighted by molar-refractivity contribution is 5.98. The number of benzene rings is 1. The standard InChI is InChI=1S/C19H26O2/c1-13-7-5-6-8-15(13)16(20)12-21-17-11-14-9-10-19(17,4)18(14,2)3/h5-8,14,17H,9-12H2,1-4H3. The third-order valence-electron chi connectivity index (χ3n) is 6.58. The third kappa shape index (κ3) is 2.15. The molecule has 0 aromatic heterocycles. The van der Waals surface area contributed by atoms with Gasteiger partial charge in [-0.2, -0.15) is 0 Å². The molecule has 0 N–H and O–H groups in total. The first-order valence-corrected chi connectivity index (χ1v) is 8.07. The first-order chi connectivity index (χ1) is 9.86. The monoisotopic (exact) mass is 286 g/mol. The maximum absolute atomic E-state index is 12.4. The number of ketones is 1. The number of rotatable bonds is 4. The van der Waals surface area contributed by atoms with Crippen LogP contribution < -0.4 is 0 Å². The van der Waals surface area contributed by atoms with Crippen LogP contribution in [-0.4, -0.2) is 18.5 Å². The molecule has 2 heteroatoms. The molecule has 3 rings (SSSR count). The van der Waals surface area contributed by atoms with Crippen molar-refractivity contribution in [2.45, 2.75) is 53.1 Å². The van der Waals surface area contributed by atoms with Crippen LogP contribution in [0.4, 0.5) is 0 Å². The Balaban J connectivity index is 1.67. The van der Waals surface area contributed by atoms with Gasteiger partial charge in [0.2, 0.25) is 0 Å². The van der Waals surface area contributed by atoms with E-state index in [0.717, 1.165) is 23.5 Å². The molecular formula is C19H26O2. The summed E-state index contributed by atoms with van der Waals surface area (Å²) in [6, 6.07) is 7.76. The molecule has 21 heavy (non-hydrogen) atoms. The van der Waals surface area contributed by atoms with E-state index in [1.54, 1.807) is 0 Å². The largest absolute Gasteiger partial charge is 0.369 e. The summed E-state index contributed by atoms with van der Waals surface area (Å²) < 4.78 is 6.10. The smallest absolute Gasteiger partial charge is 0.188 e. The minimum absolute atomic E-state index is 0.109. The second-order valence-corrected chi connectivity index (χ2v) is 7.65. The highest BCUT2D eigenvalue weighted by Gasteiger charge is 2.61. The van der Waals surface area contributed by atoms with Gasteiger partial charge < -0.3 is 4.74 Å². The van der Waals surface area contributed by atoms with Crippen molar-refractivity contribution < 1.29 is 9.53 Å². The molecule has 2 bridgehead atoms. The van der Waals surface area contributed by atoms with Gasteiger partial charge in [0.15, 0.2) is 5.78 Å². The first-order valence-electron chi connectivity index (χ1n) is 8.07. The van der Waals surface area contributed by atoms with Gasteiger partial charge in [0.25, 0.3) is 0 Å². The van der Waals surface area contributed by atoms with E-state index in [0.29, 0.717) is 5.41 Å². The van der Waals surface area contributed by atoms with Crippen LogP contribution in [0.3, 0.4) is 0 Å². The zero-order chi connectivity index (χ0) is 15.3. The van der Waals surface area contributed by atoms with Crippen molar-refractivity contribution in [3.63, 3.8) is 0 Å². The average molecular weight is 286 g/mol. The number of hydrogen-bond donors (Lipinski definition) is 0. The average Bonchev–Trinajstić information content (AvgIpc) is 2.78.